The van der Waals surface area contributed by atoms with E-state index in [1.54, 1.807) is 24.3 Å². The summed E-state index contributed by atoms with van der Waals surface area (Å²) in [5, 5.41) is 0. The van der Waals surface area contributed by atoms with Gasteiger partial charge in [0.05, 0.1) is 17.7 Å². The maximum atomic E-state index is 13.3. The first kappa shape index (κ1) is 22.3. The normalized spacial score (nSPS) is 20.0. The summed E-state index contributed by atoms with van der Waals surface area (Å²) in [6.45, 7) is 4.68. The number of rotatable bonds is 6. The molecule has 4 nitrogen and oxygen atoms in total. The van der Waals surface area contributed by atoms with E-state index in [4.69, 9.17) is 4.74 Å². The Morgan fingerprint density at radius 2 is 1.41 bits per heavy atom. The zero-order valence-corrected chi connectivity index (χ0v) is 19.5. The zero-order chi connectivity index (χ0) is 23.9. The fourth-order valence-corrected chi connectivity index (χ4v) is 5.26. The first-order valence-corrected chi connectivity index (χ1v) is 11.8. The Morgan fingerprint density at radius 1 is 0.853 bits per heavy atom. The summed E-state index contributed by atoms with van der Waals surface area (Å²) in [7, 11) is 0. The Balaban J connectivity index is 1.26. The van der Waals surface area contributed by atoms with E-state index in [2.05, 4.69) is 13.8 Å². The molecule has 5 heteroatoms. The lowest BCUT2D eigenvalue weighted by Gasteiger charge is -2.28. The molecule has 2 amide bonds. The predicted molar refractivity (Wildman–Crippen MR) is 129 cm³/mol. The first-order valence-electron chi connectivity index (χ1n) is 11.8. The van der Waals surface area contributed by atoms with E-state index >= 15 is 0 Å². The number of halogens is 1. The van der Waals surface area contributed by atoms with Crippen molar-refractivity contribution >= 4 is 11.8 Å². The molecule has 0 saturated heterocycles. The summed E-state index contributed by atoms with van der Waals surface area (Å²) in [4.78, 5) is 27.3. The van der Waals surface area contributed by atoms with Crippen molar-refractivity contribution in [3.05, 3.63) is 101 Å². The molecule has 34 heavy (non-hydrogen) atoms. The number of hydrogen-bond acceptors (Lipinski definition) is 3. The van der Waals surface area contributed by atoms with Crippen LogP contribution in [0.5, 0.6) is 5.75 Å². The highest BCUT2D eigenvalue weighted by atomic mass is 19.1. The fraction of sp³-hybridized carbons (Fsp3) is 0.310. The van der Waals surface area contributed by atoms with E-state index in [1.807, 2.05) is 36.4 Å². The minimum Gasteiger partial charge on any atom is -0.493 e. The van der Waals surface area contributed by atoms with Crippen molar-refractivity contribution in [1.82, 2.24) is 4.90 Å². The topological polar surface area (TPSA) is 46.6 Å². The van der Waals surface area contributed by atoms with Crippen molar-refractivity contribution in [3.63, 3.8) is 0 Å². The number of benzene rings is 3. The molecule has 5 rings (SSSR count). The van der Waals surface area contributed by atoms with Gasteiger partial charge >= 0.3 is 0 Å². The van der Waals surface area contributed by atoms with Gasteiger partial charge in [-0.15, -0.1) is 0 Å². The quantitative estimate of drug-likeness (QED) is 0.427. The molecule has 0 bridgehead atoms. The van der Waals surface area contributed by atoms with Crippen molar-refractivity contribution in [1.29, 1.82) is 0 Å². The van der Waals surface area contributed by atoms with Crippen LogP contribution in [-0.2, 0) is 5.41 Å². The van der Waals surface area contributed by atoms with Crippen molar-refractivity contribution in [3.8, 4) is 5.75 Å². The third-order valence-electron chi connectivity index (χ3n) is 7.38. The molecule has 3 aromatic carbocycles. The standard InChI is InChI=1S/C29H28FNO3/c1-29(2,20-10-14-22(30)15-11-20)21-12-16-23(17-13-21)34-18-19-6-5-9-26(19)31-27(32)24-7-3-4-8-25(24)28(31)33/h3-4,7-8,10-17,19,26H,5-6,9,18H2,1-2H3. The highest BCUT2D eigenvalue weighted by Crippen LogP contribution is 2.36. The summed E-state index contributed by atoms with van der Waals surface area (Å²) in [6.07, 6.45) is 2.70. The Bertz CT molecular complexity index is 1180. The van der Waals surface area contributed by atoms with Crippen molar-refractivity contribution in [2.24, 2.45) is 5.92 Å². The fourth-order valence-electron chi connectivity index (χ4n) is 5.26. The van der Waals surface area contributed by atoms with E-state index in [0.717, 1.165) is 36.1 Å². The molecule has 2 atom stereocenters. The van der Waals surface area contributed by atoms with Crippen molar-refractivity contribution < 1.29 is 18.7 Å². The third-order valence-corrected chi connectivity index (χ3v) is 7.38. The molecule has 2 unspecified atom stereocenters. The van der Waals surface area contributed by atoms with Gasteiger partial charge in [0, 0.05) is 17.4 Å². The van der Waals surface area contributed by atoms with Crippen LogP contribution in [0.2, 0.25) is 0 Å². The molecule has 1 saturated carbocycles. The van der Waals surface area contributed by atoms with Crippen LogP contribution in [0.3, 0.4) is 0 Å². The van der Waals surface area contributed by atoms with Gasteiger partial charge in [-0.3, -0.25) is 14.5 Å². The van der Waals surface area contributed by atoms with Gasteiger partial charge in [0.25, 0.3) is 11.8 Å². The average molecular weight is 458 g/mol. The SMILES string of the molecule is CC(C)(c1ccc(F)cc1)c1ccc(OCC2CCCC2N2C(=O)c3ccccc3C2=O)cc1. The van der Waals surface area contributed by atoms with Crippen LogP contribution in [0.25, 0.3) is 0 Å². The summed E-state index contributed by atoms with van der Waals surface area (Å²) >= 11 is 0. The van der Waals surface area contributed by atoms with Gasteiger partial charge in [-0.05, 0) is 60.4 Å². The highest BCUT2D eigenvalue weighted by Gasteiger charge is 2.44. The molecule has 0 spiro atoms. The van der Waals surface area contributed by atoms with E-state index in [-0.39, 0.29) is 35.0 Å². The minimum atomic E-state index is -0.270. The van der Waals surface area contributed by atoms with Crippen molar-refractivity contribution in [2.45, 2.75) is 44.6 Å². The minimum absolute atomic E-state index is 0.109. The molecule has 0 N–H and O–H groups in total. The Labute approximate surface area is 199 Å². The molecule has 174 valence electrons. The molecule has 1 heterocycles. The van der Waals surface area contributed by atoms with Crippen LogP contribution in [0.15, 0.2) is 72.8 Å². The summed E-state index contributed by atoms with van der Waals surface area (Å²) < 4.78 is 19.4. The number of ether oxygens (including phenoxy) is 1. The molecule has 1 aliphatic heterocycles. The van der Waals surface area contributed by atoms with Crippen LogP contribution in [0, 0.1) is 11.7 Å². The Kier molecular flexibility index (Phi) is 5.72. The largest absolute Gasteiger partial charge is 0.493 e. The summed E-state index contributed by atoms with van der Waals surface area (Å²) in [5.74, 6) is 0.244. The molecule has 0 radical (unpaired) electrons. The van der Waals surface area contributed by atoms with Gasteiger partial charge in [-0.1, -0.05) is 56.7 Å². The number of fused-ring (bicyclic) bond motifs is 1. The Morgan fingerprint density at radius 3 is 2.00 bits per heavy atom. The molecule has 1 aliphatic carbocycles. The van der Waals surface area contributed by atoms with Gasteiger partial charge in [0.2, 0.25) is 0 Å². The van der Waals surface area contributed by atoms with Crippen LogP contribution >= 0.6 is 0 Å². The molecule has 3 aromatic rings. The van der Waals surface area contributed by atoms with Crippen molar-refractivity contribution in [2.75, 3.05) is 6.61 Å². The van der Waals surface area contributed by atoms with Crippen LogP contribution < -0.4 is 4.74 Å². The van der Waals surface area contributed by atoms with E-state index in [9.17, 15) is 14.0 Å². The van der Waals surface area contributed by atoms with Gasteiger partial charge in [-0.2, -0.15) is 0 Å². The van der Waals surface area contributed by atoms with E-state index in [1.165, 1.54) is 17.0 Å². The number of carbonyl (C=O) groups is 2. The van der Waals surface area contributed by atoms with Crippen LogP contribution in [0.4, 0.5) is 4.39 Å². The number of amides is 2. The van der Waals surface area contributed by atoms with Gasteiger partial charge < -0.3 is 4.74 Å². The molecular weight excluding hydrogens is 429 g/mol. The lowest BCUT2D eigenvalue weighted by atomic mass is 9.78. The molecule has 0 aromatic heterocycles. The highest BCUT2D eigenvalue weighted by molar-refractivity contribution is 6.21. The van der Waals surface area contributed by atoms with Crippen LogP contribution in [0.1, 0.15) is 65.0 Å². The number of carbonyl (C=O) groups excluding carboxylic acids is 2. The number of nitrogens with zero attached hydrogens (tertiary/aromatic N) is 1. The monoisotopic (exact) mass is 457 g/mol. The second-order valence-electron chi connectivity index (χ2n) is 9.75. The first-order chi connectivity index (χ1) is 16.4. The lowest BCUT2D eigenvalue weighted by Crippen LogP contribution is -2.43. The van der Waals surface area contributed by atoms with E-state index in [0.29, 0.717) is 17.7 Å². The molecular formula is C29H28FNO3. The predicted octanol–water partition coefficient (Wildman–Crippen LogP) is 6.00. The second kappa shape index (κ2) is 8.71. The Hall–Kier alpha value is -3.47. The average Bonchev–Trinajstić information content (AvgIpc) is 3.40. The smallest absolute Gasteiger partial charge is 0.261 e. The zero-order valence-electron chi connectivity index (χ0n) is 19.5. The number of imide groups is 1. The van der Waals surface area contributed by atoms with Gasteiger partial charge in [-0.25, -0.2) is 4.39 Å². The number of hydrogen-bond donors (Lipinski definition) is 0. The van der Waals surface area contributed by atoms with Gasteiger partial charge in [0.15, 0.2) is 0 Å². The third kappa shape index (κ3) is 3.89. The summed E-state index contributed by atoms with van der Waals surface area (Å²) in [6, 6.07) is 21.5. The lowest BCUT2D eigenvalue weighted by molar-refractivity contribution is 0.0522. The van der Waals surface area contributed by atoms with Crippen LogP contribution in [-0.4, -0.2) is 29.4 Å². The van der Waals surface area contributed by atoms with Gasteiger partial charge in [0.1, 0.15) is 11.6 Å². The summed E-state index contributed by atoms with van der Waals surface area (Å²) in [5.41, 5.74) is 2.87. The maximum Gasteiger partial charge on any atom is 0.261 e. The molecule has 1 fully saturated rings. The van der Waals surface area contributed by atoms with E-state index < -0.39 is 0 Å². The molecule has 2 aliphatic rings. The second-order valence-corrected chi connectivity index (χ2v) is 9.75. The maximum absolute atomic E-state index is 13.3.